The van der Waals surface area contributed by atoms with Crippen molar-refractivity contribution in [2.75, 3.05) is 0 Å². The van der Waals surface area contributed by atoms with Crippen LogP contribution in [0.4, 0.5) is 26.3 Å². The molecule has 0 spiro atoms. The van der Waals surface area contributed by atoms with Crippen LogP contribution in [-0.4, -0.2) is 9.97 Å². The normalized spacial score (nSPS) is 12.5. The van der Waals surface area contributed by atoms with Gasteiger partial charge in [-0.1, -0.05) is 24.3 Å². The quantitative estimate of drug-likeness (QED) is 0.509. The molecule has 3 rings (SSSR count). The van der Waals surface area contributed by atoms with Gasteiger partial charge in [0.05, 0.1) is 17.5 Å². The minimum absolute atomic E-state index is 0.354. The summed E-state index contributed by atoms with van der Waals surface area (Å²) in [6, 6.07) is 9.45. The van der Waals surface area contributed by atoms with E-state index in [1.165, 1.54) is 30.6 Å². The van der Waals surface area contributed by atoms with Crippen LogP contribution in [0.25, 0.3) is 0 Å². The van der Waals surface area contributed by atoms with Gasteiger partial charge in [0, 0.05) is 17.8 Å². The molecule has 0 unspecified atom stereocenters. The number of hydrogen-bond acceptors (Lipinski definition) is 1. The minimum atomic E-state index is -4.45. The van der Waals surface area contributed by atoms with Gasteiger partial charge in [-0.25, -0.2) is 4.98 Å². The Balaban J connectivity index is 1.90. The number of aromatic nitrogens is 2. The second kappa shape index (κ2) is 7.69. The van der Waals surface area contributed by atoms with Gasteiger partial charge in [-0.15, -0.1) is 0 Å². The van der Waals surface area contributed by atoms with E-state index < -0.39 is 23.5 Å². The summed E-state index contributed by atoms with van der Waals surface area (Å²) in [4.78, 5) is 6.86. The lowest BCUT2D eigenvalue weighted by atomic mass is 9.86. The van der Waals surface area contributed by atoms with Crippen LogP contribution in [0.5, 0.6) is 0 Å². The van der Waals surface area contributed by atoms with Crippen LogP contribution in [0.3, 0.4) is 0 Å². The van der Waals surface area contributed by atoms with Gasteiger partial charge in [-0.2, -0.15) is 26.3 Å². The molecule has 2 aromatic carbocycles. The van der Waals surface area contributed by atoms with Crippen molar-refractivity contribution in [3.8, 4) is 0 Å². The zero-order chi connectivity index (χ0) is 20.4. The molecular weight excluding hydrogens is 382 g/mol. The number of nitrogens with one attached hydrogen (secondary N) is 1. The first-order valence-corrected chi connectivity index (χ1v) is 8.46. The minimum Gasteiger partial charge on any atom is -0.348 e. The fraction of sp³-hybridized carbons (Fsp3) is 0.250. The molecule has 2 nitrogen and oxygen atoms in total. The summed E-state index contributed by atoms with van der Waals surface area (Å²) in [7, 11) is 0. The number of alkyl halides is 6. The third-order valence-corrected chi connectivity index (χ3v) is 4.54. The first kappa shape index (κ1) is 20.0. The van der Waals surface area contributed by atoms with Gasteiger partial charge in [0.25, 0.3) is 0 Å². The van der Waals surface area contributed by atoms with E-state index in [9.17, 15) is 26.3 Å². The molecule has 0 saturated carbocycles. The summed E-state index contributed by atoms with van der Waals surface area (Å²) < 4.78 is 76.9. The molecule has 1 N–H and O–H groups in total. The molecule has 28 heavy (non-hydrogen) atoms. The molecule has 0 aliphatic carbocycles. The highest BCUT2D eigenvalue weighted by atomic mass is 19.4. The van der Waals surface area contributed by atoms with Crippen LogP contribution in [0.2, 0.25) is 0 Å². The number of imidazole rings is 1. The molecule has 0 aliphatic rings. The fourth-order valence-corrected chi connectivity index (χ4v) is 3.06. The van der Waals surface area contributed by atoms with Crippen molar-refractivity contribution in [1.82, 2.24) is 9.97 Å². The van der Waals surface area contributed by atoms with Crippen molar-refractivity contribution in [2.45, 2.75) is 31.1 Å². The first-order chi connectivity index (χ1) is 13.1. The molecule has 1 aromatic heterocycles. The summed E-state index contributed by atoms with van der Waals surface area (Å²) >= 11 is 0. The Kier molecular flexibility index (Phi) is 5.49. The van der Waals surface area contributed by atoms with Gasteiger partial charge in [0.2, 0.25) is 0 Å². The standard InChI is InChI=1S/C20H16F6N2/c21-19(22,23)15-5-1-13(2-6-15)18(10-9-17-11-27-12-28-17)14-3-7-16(8-4-14)20(24,25)26/h1-8,11-12,18H,9-10H2,(H,27,28). The maximum absolute atomic E-state index is 12.8. The predicted octanol–water partition coefficient (Wildman–Crippen LogP) is 6.21. The van der Waals surface area contributed by atoms with Crippen LogP contribution >= 0.6 is 0 Å². The number of nitrogens with zero attached hydrogens (tertiary/aromatic N) is 1. The van der Waals surface area contributed by atoms with E-state index in [2.05, 4.69) is 9.97 Å². The molecule has 0 radical (unpaired) electrons. The largest absolute Gasteiger partial charge is 0.416 e. The Morgan fingerprint density at radius 2 is 1.21 bits per heavy atom. The Morgan fingerprint density at radius 1 is 0.750 bits per heavy atom. The zero-order valence-corrected chi connectivity index (χ0v) is 14.5. The molecule has 3 aromatic rings. The monoisotopic (exact) mass is 398 g/mol. The summed E-state index contributed by atoms with van der Waals surface area (Å²) in [6.07, 6.45) is -4.70. The summed E-state index contributed by atoms with van der Waals surface area (Å²) in [5.41, 5.74) is 0.510. The van der Waals surface area contributed by atoms with Gasteiger partial charge >= 0.3 is 12.4 Å². The van der Waals surface area contributed by atoms with Crippen molar-refractivity contribution in [3.05, 3.63) is 89.0 Å². The summed E-state index contributed by atoms with van der Waals surface area (Å²) in [5.74, 6) is -0.354. The summed E-state index contributed by atoms with van der Waals surface area (Å²) in [5, 5.41) is 0. The van der Waals surface area contributed by atoms with E-state index in [-0.39, 0.29) is 5.92 Å². The maximum Gasteiger partial charge on any atom is 0.416 e. The van der Waals surface area contributed by atoms with Crippen LogP contribution in [0, 0.1) is 0 Å². The van der Waals surface area contributed by atoms with E-state index in [0.717, 1.165) is 30.0 Å². The Morgan fingerprint density at radius 3 is 1.57 bits per heavy atom. The third-order valence-electron chi connectivity index (χ3n) is 4.54. The van der Waals surface area contributed by atoms with Crippen LogP contribution in [0.15, 0.2) is 61.1 Å². The molecule has 1 heterocycles. The van der Waals surface area contributed by atoms with Gasteiger partial charge in [0.15, 0.2) is 0 Å². The topological polar surface area (TPSA) is 28.7 Å². The highest BCUT2D eigenvalue weighted by molar-refractivity contribution is 5.36. The van der Waals surface area contributed by atoms with Crippen LogP contribution < -0.4 is 0 Å². The van der Waals surface area contributed by atoms with E-state index in [4.69, 9.17) is 0 Å². The van der Waals surface area contributed by atoms with E-state index >= 15 is 0 Å². The average molecular weight is 398 g/mol. The smallest absolute Gasteiger partial charge is 0.348 e. The van der Waals surface area contributed by atoms with Gasteiger partial charge in [-0.05, 0) is 48.2 Å². The van der Waals surface area contributed by atoms with Gasteiger partial charge < -0.3 is 4.98 Å². The van der Waals surface area contributed by atoms with Crippen molar-refractivity contribution in [2.24, 2.45) is 0 Å². The van der Waals surface area contributed by atoms with E-state index in [1.807, 2.05) is 0 Å². The highest BCUT2D eigenvalue weighted by Gasteiger charge is 2.31. The molecular formula is C20H16F6N2. The first-order valence-electron chi connectivity index (χ1n) is 8.46. The van der Waals surface area contributed by atoms with E-state index in [0.29, 0.717) is 24.0 Å². The fourth-order valence-electron chi connectivity index (χ4n) is 3.06. The molecule has 148 valence electrons. The molecule has 0 fully saturated rings. The van der Waals surface area contributed by atoms with Crippen molar-refractivity contribution >= 4 is 0 Å². The number of aromatic amines is 1. The van der Waals surface area contributed by atoms with Crippen LogP contribution in [-0.2, 0) is 18.8 Å². The number of rotatable bonds is 5. The molecule has 0 saturated heterocycles. The zero-order valence-electron chi connectivity index (χ0n) is 14.5. The molecule has 8 heteroatoms. The highest BCUT2D eigenvalue weighted by Crippen LogP contribution is 2.35. The Hall–Kier alpha value is -2.77. The molecule has 0 aliphatic heterocycles. The Labute approximate surface area is 157 Å². The number of aryl methyl sites for hydroxylation is 1. The van der Waals surface area contributed by atoms with Gasteiger partial charge in [0.1, 0.15) is 0 Å². The molecule has 0 bridgehead atoms. The lowest BCUT2D eigenvalue weighted by Gasteiger charge is -2.19. The van der Waals surface area contributed by atoms with Gasteiger partial charge in [-0.3, -0.25) is 0 Å². The lowest BCUT2D eigenvalue weighted by molar-refractivity contribution is -0.138. The van der Waals surface area contributed by atoms with E-state index in [1.54, 1.807) is 6.20 Å². The Bertz CT molecular complexity index is 821. The third kappa shape index (κ3) is 4.74. The van der Waals surface area contributed by atoms with Crippen LogP contribution in [0.1, 0.15) is 40.3 Å². The number of benzene rings is 2. The summed E-state index contributed by atoms with van der Waals surface area (Å²) in [6.45, 7) is 0. The number of hydrogen-bond donors (Lipinski definition) is 1. The van der Waals surface area contributed by atoms with Crippen molar-refractivity contribution < 1.29 is 26.3 Å². The SMILES string of the molecule is FC(F)(F)c1ccc(C(CCc2cnc[nH]2)c2ccc(C(F)(F)F)cc2)cc1. The average Bonchev–Trinajstić information content (AvgIpc) is 3.15. The predicted molar refractivity (Wildman–Crippen MR) is 91.6 cm³/mol. The van der Waals surface area contributed by atoms with Crippen molar-refractivity contribution in [1.29, 1.82) is 0 Å². The number of halogens is 6. The molecule has 0 atom stereocenters. The maximum atomic E-state index is 12.8. The lowest BCUT2D eigenvalue weighted by Crippen LogP contribution is -2.08. The second-order valence-corrected chi connectivity index (χ2v) is 6.41. The number of H-pyrrole nitrogens is 1. The van der Waals surface area contributed by atoms with Crippen molar-refractivity contribution in [3.63, 3.8) is 0 Å². The second-order valence-electron chi connectivity index (χ2n) is 6.41. The molecule has 0 amide bonds.